The van der Waals surface area contributed by atoms with E-state index in [-0.39, 0.29) is 43.7 Å². The molecule has 1 aliphatic heterocycles. The Balaban J connectivity index is 1.64. The second-order valence-corrected chi connectivity index (χ2v) is 17.9. The van der Waals surface area contributed by atoms with Crippen molar-refractivity contribution < 1.29 is 61.8 Å². The maximum atomic E-state index is 15.3. The van der Waals surface area contributed by atoms with Crippen LogP contribution in [-0.2, 0) is 54.5 Å². The van der Waals surface area contributed by atoms with Crippen molar-refractivity contribution in [1.29, 1.82) is 0 Å². The van der Waals surface area contributed by atoms with Crippen molar-refractivity contribution in [3.05, 3.63) is 95.8 Å². The van der Waals surface area contributed by atoms with Crippen LogP contribution >= 0.6 is 0 Å². The van der Waals surface area contributed by atoms with Gasteiger partial charge in [0.15, 0.2) is 0 Å². The van der Waals surface area contributed by atoms with Gasteiger partial charge in [0.1, 0.15) is 49.0 Å². The van der Waals surface area contributed by atoms with Crippen LogP contribution in [0, 0.1) is 17.0 Å². The number of carbonyl (C=O) groups excluding carboxylic acids is 10. The summed E-state index contributed by atoms with van der Waals surface area (Å²) in [5.74, 6) is -9.47. The van der Waals surface area contributed by atoms with Crippen LogP contribution in [0.5, 0.6) is 0 Å². The summed E-state index contributed by atoms with van der Waals surface area (Å²) in [6.45, 7) is 7.07. The molecule has 4 rings (SSSR count). The monoisotopic (exact) mass is 990 g/mol. The van der Waals surface area contributed by atoms with E-state index in [0.29, 0.717) is 10.6 Å². The molecule has 0 bridgehead atoms. The highest BCUT2D eigenvalue weighted by Gasteiger charge is 2.38. The number of carbonyl (C=O) groups is 10. The molecule has 10 amide bonds. The van der Waals surface area contributed by atoms with E-state index in [0.717, 1.165) is 35.9 Å². The van der Waals surface area contributed by atoms with Crippen molar-refractivity contribution in [3.63, 3.8) is 0 Å². The predicted molar refractivity (Wildman–Crippen MR) is 251 cm³/mol. The molecule has 0 unspecified atom stereocenters. The molecule has 2 heterocycles. The summed E-state index contributed by atoms with van der Waals surface area (Å²) in [6, 6.07) is 7.32. The number of primary amides is 1. The van der Waals surface area contributed by atoms with Gasteiger partial charge in [-0.2, -0.15) is 0 Å². The molecule has 71 heavy (non-hydrogen) atoms. The van der Waals surface area contributed by atoms with E-state index < -0.39 is 126 Å². The molecule has 1 aliphatic rings. The average molecular weight is 991 g/mol. The van der Waals surface area contributed by atoms with Crippen LogP contribution in [0.3, 0.4) is 0 Å². The second-order valence-electron chi connectivity index (χ2n) is 17.9. The average Bonchev–Trinajstić information content (AvgIpc) is 3.85. The number of nitrogens with one attached hydrogen (secondary N) is 6. The van der Waals surface area contributed by atoms with E-state index in [4.69, 9.17) is 5.73 Å². The summed E-state index contributed by atoms with van der Waals surface area (Å²) in [7, 11) is 0. The number of aromatic nitrogens is 1. The third-order valence-corrected chi connectivity index (χ3v) is 11.1. The number of rotatable bonds is 24. The lowest BCUT2D eigenvalue weighted by Gasteiger charge is -2.41. The molecule has 21 nitrogen and oxygen atoms in total. The number of nitrogens with two attached hydrogens (primary N) is 1. The molecule has 0 radical (unpaired) electrons. The van der Waals surface area contributed by atoms with Crippen molar-refractivity contribution in [2.75, 3.05) is 32.8 Å². The van der Waals surface area contributed by atoms with Gasteiger partial charge in [0, 0.05) is 68.3 Å². The standard InChI is InChI=1S/C48H60F2N10O11/c1-27(54-29(3)62)45(69)55-28(2)46(70)57-36(44(51)68)22-38(63)56-35(47(71)53-18-17-52-39(64)25-60-40(65)14-15-41(60)66)16-19-59(42(67)26-61)43(48(4,5)6)37-20-31(33-21-32(49)12-13-34(33)50)24-58(37)23-30-10-8-7-9-11-30/h7-15,20-21,24,27-28,35-36,43,61H,16-19,22-23,25-26H2,1-6H3,(H2,51,68)(H,52,64)(H,53,71)(H,54,62)(H,55,69)(H,56,63)(H,57,70)/t27-,28-,35-,36-,43-/m0/s1. The van der Waals surface area contributed by atoms with Crippen LogP contribution in [0.2, 0.25) is 0 Å². The van der Waals surface area contributed by atoms with E-state index >= 15 is 4.39 Å². The van der Waals surface area contributed by atoms with Crippen LogP contribution in [0.1, 0.15) is 71.7 Å². The van der Waals surface area contributed by atoms with Crippen LogP contribution in [0.4, 0.5) is 8.78 Å². The van der Waals surface area contributed by atoms with Gasteiger partial charge in [-0.15, -0.1) is 0 Å². The zero-order valence-corrected chi connectivity index (χ0v) is 40.2. The quantitative estimate of drug-likeness (QED) is 0.0430. The highest BCUT2D eigenvalue weighted by Crippen LogP contribution is 2.41. The Morgan fingerprint density at radius 2 is 1.39 bits per heavy atom. The Hall–Kier alpha value is -7.82. The molecule has 3 aromatic rings. The highest BCUT2D eigenvalue weighted by molar-refractivity contribution is 6.14. The molecule has 0 spiro atoms. The molecular weight excluding hydrogens is 931 g/mol. The van der Waals surface area contributed by atoms with Crippen LogP contribution in [0.15, 0.2) is 72.9 Å². The first kappa shape index (κ1) is 55.8. The van der Waals surface area contributed by atoms with Crippen molar-refractivity contribution in [1.82, 2.24) is 46.3 Å². The smallest absolute Gasteiger partial charge is 0.254 e. The summed E-state index contributed by atoms with van der Waals surface area (Å²) in [6.07, 6.45) is 2.46. The van der Waals surface area contributed by atoms with E-state index in [1.165, 1.54) is 25.7 Å². The van der Waals surface area contributed by atoms with Gasteiger partial charge < -0.3 is 52.2 Å². The number of aliphatic hydroxyl groups is 1. The Bertz CT molecular complexity index is 2510. The Labute approximate surface area is 408 Å². The molecule has 382 valence electrons. The zero-order valence-electron chi connectivity index (χ0n) is 40.2. The first-order chi connectivity index (χ1) is 33.4. The number of benzene rings is 2. The third-order valence-electron chi connectivity index (χ3n) is 11.1. The SMILES string of the molecule is CC(=O)N[C@@H](C)C(=O)N[C@@H](C)C(=O)N[C@@H](CC(=O)N[C@@H](CCN(C(=O)CO)[C@@H](c1cc(-c2cc(F)ccc2F)cn1Cc1ccccc1)C(C)(C)C)C(=O)NCCNC(=O)CN1C(=O)C=CC1=O)C(N)=O. The van der Waals surface area contributed by atoms with Crippen molar-refractivity contribution in [3.8, 4) is 11.1 Å². The number of imide groups is 1. The lowest BCUT2D eigenvalue weighted by atomic mass is 9.82. The predicted octanol–water partition coefficient (Wildman–Crippen LogP) is -0.188. The fourth-order valence-corrected chi connectivity index (χ4v) is 7.67. The fourth-order valence-electron chi connectivity index (χ4n) is 7.67. The number of aliphatic hydroxyl groups excluding tert-OH is 1. The number of amides is 10. The van der Waals surface area contributed by atoms with Crippen LogP contribution in [-0.4, -0.2) is 135 Å². The summed E-state index contributed by atoms with van der Waals surface area (Å²) in [4.78, 5) is 129. The first-order valence-corrected chi connectivity index (χ1v) is 22.5. The van der Waals surface area contributed by atoms with Gasteiger partial charge in [-0.05, 0) is 55.5 Å². The van der Waals surface area contributed by atoms with Gasteiger partial charge in [-0.25, -0.2) is 8.78 Å². The molecule has 5 atom stereocenters. The lowest BCUT2D eigenvalue weighted by Crippen LogP contribution is -2.56. The highest BCUT2D eigenvalue weighted by atomic mass is 19.1. The van der Waals surface area contributed by atoms with Gasteiger partial charge in [0.25, 0.3) is 11.8 Å². The largest absolute Gasteiger partial charge is 0.387 e. The molecule has 0 fully saturated rings. The molecular formula is C48H60F2N10O11. The van der Waals surface area contributed by atoms with Crippen molar-refractivity contribution >= 4 is 59.1 Å². The Morgan fingerprint density at radius 3 is 2.00 bits per heavy atom. The minimum Gasteiger partial charge on any atom is -0.387 e. The maximum Gasteiger partial charge on any atom is 0.254 e. The van der Waals surface area contributed by atoms with Crippen LogP contribution in [0.25, 0.3) is 11.1 Å². The van der Waals surface area contributed by atoms with Gasteiger partial charge in [-0.3, -0.25) is 52.8 Å². The summed E-state index contributed by atoms with van der Waals surface area (Å²) < 4.78 is 31.6. The number of nitrogens with zero attached hydrogens (tertiary/aromatic N) is 3. The number of halogens is 2. The Morgan fingerprint density at radius 1 is 0.775 bits per heavy atom. The third kappa shape index (κ3) is 16.1. The van der Waals surface area contributed by atoms with Gasteiger partial charge in [-0.1, -0.05) is 51.1 Å². The lowest BCUT2D eigenvalue weighted by molar-refractivity contribution is -0.141. The van der Waals surface area contributed by atoms with Crippen molar-refractivity contribution in [2.24, 2.45) is 11.1 Å². The maximum absolute atomic E-state index is 15.3. The normalized spacial score (nSPS) is 14.4. The molecule has 23 heteroatoms. The fraction of sp³-hybridized carbons (Fsp3) is 0.417. The molecule has 0 saturated heterocycles. The molecule has 9 N–H and O–H groups in total. The van der Waals surface area contributed by atoms with Gasteiger partial charge >= 0.3 is 0 Å². The first-order valence-electron chi connectivity index (χ1n) is 22.5. The topological polar surface area (TPSA) is 301 Å². The van der Waals surface area contributed by atoms with Crippen LogP contribution < -0.4 is 37.6 Å². The van der Waals surface area contributed by atoms with Gasteiger partial charge in [0.2, 0.25) is 47.3 Å². The molecule has 0 aliphatic carbocycles. The Kier molecular flexibility index (Phi) is 19.8. The molecule has 1 aromatic heterocycles. The second kappa shape index (κ2) is 25.2. The minimum absolute atomic E-state index is 0.0577. The molecule has 2 aromatic carbocycles. The molecule has 0 saturated carbocycles. The number of hydrogen-bond donors (Lipinski definition) is 8. The van der Waals surface area contributed by atoms with Gasteiger partial charge in [0.05, 0.1) is 12.5 Å². The van der Waals surface area contributed by atoms with E-state index in [1.807, 2.05) is 30.3 Å². The zero-order chi connectivity index (χ0) is 52.7. The van der Waals surface area contributed by atoms with E-state index in [1.54, 1.807) is 37.6 Å². The number of hydrogen-bond acceptors (Lipinski definition) is 11. The van der Waals surface area contributed by atoms with E-state index in [9.17, 15) is 57.4 Å². The summed E-state index contributed by atoms with van der Waals surface area (Å²) in [5, 5.41) is 24.9. The minimum atomic E-state index is -1.68. The summed E-state index contributed by atoms with van der Waals surface area (Å²) >= 11 is 0. The van der Waals surface area contributed by atoms with E-state index in [2.05, 4.69) is 31.9 Å². The summed E-state index contributed by atoms with van der Waals surface area (Å²) in [5.41, 5.74) is 6.15. The van der Waals surface area contributed by atoms with Crippen molar-refractivity contribution in [2.45, 2.75) is 91.1 Å².